The summed E-state index contributed by atoms with van der Waals surface area (Å²) in [6.45, 7) is 1.97. The molecule has 8 heteroatoms. The van der Waals surface area contributed by atoms with E-state index >= 15 is 0 Å². The third-order valence-corrected chi connectivity index (χ3v) is 5.28. The van der Waals surface area contributed by atoms with Crippen molar-refractivity contribution in [3.63, 3.8) is 0 Å². The zero-order valence-electron chi connectivity index (χ0n) is 16.6. The smallest absolute Gasteiger partial charge is 0.244 e. The normalized spacial score (nSPS) is 13.3. The monoisotopic (exact) mass is 399 g/mol. The first-order valence-corrected chi connectivity index (χ1v) is 9.88. The molecule has 4 aromatic rings. The Morgan fingerprint density at radius 3 is 2.33 bits per heavy atom. The van der Waals surface area contributed by atoms with E-state index in [1.807, 2.05) is 48.7 Å². The van der Waals surface area contributed by atoms with Crippen LogP contribution in [0.5, 0.6) is 0 Å². The molecule has 1 aliphatic heterocycles. The SMILES string of the molecule is Cn1cc(-c2cccc(-c3ncc(-c4cnn(CC(=O)N5CCC5)c4)cn3)c2)cn1. The van der Waals surface area contributed by atoms with Gasteiger partial charge in [-0.2, -0.15) is 10.2 Å². The maximum absolute atomic E-state index is 12.1. The summed E-state index contributed by atoms with van der Waals surface area (Å²) in [5.41, 5.74) is 4.82. The van der Waals surface area contributed by atoms with Gasteiger partial charge in [0.2, 0.25) is 5.91 Å². The third-order valence-electron chi connectivity index (χ3n) is 5.28. The molecule has 150 valence electrons. The number of hydrogen-bond donors (Lipinski definition) is 0. The fourth-order valence-corrected chi connectivity index (χ4v) is 3.44. The van der Waals surface area contributed by atoms with Crippen LogP contribution >= 0.6 is 0 Å². The summed E-state index contributed by atoms with van der Waals surface area (Å²) < 4.78 is 3.45. The fourth-order valence-electron chi connectivity index (χ4n) is 3.44. The third kappa shape index (κ3) is 3.59. The second kappa shape index (κ2) is 7.55. The Hall–Kier alpha value is -3.81. The maximum atomic E-state index is 12.1. The molecule has 0 radical (unpaired) electrons. The van der Waals surface area contributed by atoms with Crippen LogP contribution in [0.4, 0.5) is 0 Å². The minimum Gasteiger partial charge on any atom is -0.341 e. The molecule has 0 aliphatic carbocycles. The van der Waals surface area contributed by atoms with Crippen LogP contribution in [0.3, 0.4) is 0 Å². The van der Waals surface area contributed by atoms with Gasteiger partial charge in [0.05, 0.1) is 12.4 Å². The molecule has 1 saturated heterocycles. The van der Waals surface area contributed by atoms with Gasteiger partial charge in [0.15, 0.2) is 5.82 Å². The number of carbonyl (C=O) groups excluding carboxylic acids is 1. The lowest BCUT2D eigenvalue weighted by Gasteiger charge is -2.30. The summed E-state index contributed by atoms with van der Waals surface area (Å²) in [6, 6.07) is 8.10. The first-order valence-electron chi connectivity index (χ1n) is 9.88. The van der Waals surface area contributed by atoms with Gasteiger partial charge in [-0.15, -0.1) is 0 Å². The lowest BCUT2D eigenvalue weighted by atomic mass is 10.1. The number of rotatable bonds is 5. The molecule has 8 nitrogen and oxygen atoms in total. The van der Waals surface area contributed by atoms with Crippen molar-refractivity contribution >= 4 is 5.91 Å². The fraction of sp³-hybridized carbons (Fsp3) is 0.227. The highest BCUT2D eigenvalue weighted by Crippen LogP contribution is 2.25. The van der Waals surface area contributed by atoms with Crippen LogP contribution in [-0.4, -0.2) is 53.4 Å². The van der Waals surface area contributed by atoms with E-state index in [1.54, 1.807) is 28.0 Å². The van der Waals surface area contributed by atoms with Crippen LogP contribution < -0.4 is 0 Å². The number of aromatic nitrogens is 6. The zero-order valence-corrected chi connectivity index (χ0v) is 16.6. The lowest BCUT2D eigenvalue weighted by Crippen LogP contribution is -2.43. The summed E-state index contributed by atoms with van der Waals surface area (Å²) in [6.07, 6.45) is 12.1. The predicted octanol–water partition coefficient (Wildman–Crippen LogP) is 2.64. The van der Waals surface area contributed by atoms with Crippen LogP contribution in [0.15, 0.2) is 61.4 Å². The van der Waals surface area contributed by atoms with Gasteiger partial charge in [0.25, 0.3) is 0 Å². The van der Waals surface area contributed by atoms with E-state index in [-0.39, 0.29) is 12.5 Å². The molecule has 3 aromatic heterocycles. The Labute approximate surface area is 173 Å². The van der Waals surface area contributed by atoms with Crippen molar-refractivity contribution < 1.29 is 4.79 Å². The van der Waals surface area contributed by atoms with Crippen LogP contribution in [0.2, 0.25) is 0 Å². The Morgan fingerprint density at radius 2 is 1.63 bits per heavy atom. The summed E-state index contributed by atoms with van der Waals surface area (Å²) >= 11 is 0. The number of hydrogen-bond acceptors (Lipinski definition) is 5. The highest BCUT2D eigenvalue weighted by atomic mass is 16.2. The number of nitrogens with zero attached hydrogens (tertiary/aromatic N) is 7. The highest BCUT2D eigenvalue weighted by Gasteiger charge is 2.20. The Kier molecular flexibility index (Phi) is 4.59. The quantitative estimate of drug-likeness (QED) is 0.515. The molecule has 5 rings (SSSR count). The summed E-state index contributed by atoms with van der Waals surface area (Å²) in [4.78, 5) is 23.0. The van der Waals surface area contributed by atoms with Crippen molar-refractivity contribution in [1.82, 2.24) is 34.4 Å². The Morgan fingerprint density at radius 1 is 0.900 bits per heavy atom. The molecule has 1 amide bonds. The van der Waals surface area contributed by atoms with E-state index in [0.29, 0.717) is 5.82 Å². The minimum absolute atomic E-state index is 0.107. The van der Waals surface area contributed by atoms with E-state index in [1.165, 1.54) is 0 Å². The first kappa shape index (κ1) is 18.2. The number of likely N-dealkylation sites (tertiary alicyclic amines) is 1. The van der Waals surface area contributed by atoms with Crippen molar-refractivity contribution in [3.05, 3.63) is 61.4 Å². The number of carbonyl (C=O) groups is 1. The van der Waals surface area contributed by atoms with Gasteiger partial charge in [0.1, 0.15) is 6.54 Å². The molecule has 30 heavy (non-hydrogen) atoms. The van der Waals surface area contributed by atoms with Gasteiger partial charge < -0.3 is 4.90 Å². The second-order valence-electron chi connectivity index (χ2n) is 7.44. The molecule has 0 spiro atoms. The largest absolute Gasteiger partial charge is 0.341 e. The van der Waals surface area contributed by atoms with Gasteiger partial charge in [-0.1, -0.05) is 18.2 Å². The van der Waals surface area contributed by atoms with Crippen LogP contribution in [0, 0.1) is 0 Å². The molecule has 0 saturated carbocycles. The molecule has 0 unspecified atom stereocenters. The van der Waals surface area contributed by atoms with E-state index in [2.05, 4.69) is 26.2 Å². The molecule has 1 aromatic carbocycles. The van der Waals surface area contributed by atoms with Gasteiger partial charge in [-0.3, -0.25) is 14.2 Å². The lowest BCUT2D eigenvalue weighted by molar-refractivity contribution is -0.135. The minimum atomic E-state index is 0.107. The van der Waals surface area contributed by atoms with Gasteiger partial charge in [0, 0.05) is 67.2 Å². The second-order valence-corrected chi connectivity index (χ2v) is 7.44. The molecule has 1 fully saturated rings. The number of amides is 1. The maximum Gasteiger partial charge on any atom is 0.244 e. The molecule has 4 heterocycles. The Bertz CT molecular complexity index is 1190. The predicted molar refractivity (Wildman–Crippen MR) is 112 cm³/mol. The van der Waals surface area contributed by atoms with E-state index < -0.39 is 0 Å². The number of benzene rings is 1. The average molecular weight is 399 g/mol. The van der Waals surface area contributed by atoms with E-state index in [9.17, 15) is 4.79 Å². The standard InChI is InChI=1S/C22H21N7O/c1-27-13-19(11-25-27)16-4-2-5-17(8-16)22-23-9-18(10-24-22)20-12-26-29(14-20)15-21(30)28-6-3-7-28/h2,4-5,8-14H,3,6-7,15H2,1H3. The summed E-state index contributed by atoms with van der Waals surface area (Å²) in [5.74, 6) is 0.765. The topological polar surface area (TPSA) is 81.7 Å². The summed E-state index contributed by atoms with van der Waals surface area (Å²) in [7, 11) is 1.90. The Balaban J connectivity index is 1.33. The van der Waals surface area contributed by atoms with Crippen molar-refractivity contribution in [2.75, 3.05) is 13.1 Å². The van der Waals surface area contributed by atoms with Gasteiger partial charge >= 0.3 is 0 Å². The van der Waals surface area contributed by atoms with Crippen molar-refractivity contribution in [2.24, 2.45) is 7.05 Å². The molecule has 0 N–H and O–H groups in total. The molecule has 0 bridgehead atoms. The van der Waals surface area contributed by atoms with Crippen molar-refractivity contribution in [2.45, 2.75) is 13.0 Å². The molecule has 1 aliphatic rings. The first-order chi connectivity index (χ1) is 14.7. The van der Waals surface area contributed by atoms with Crippen molar-refractivity contribution in [1.29, 1.82) is 0 Å². The molecular formula is C22H21N7O. The van der Waals surface area contributed by atoms with Gasteiger partial charge in [-0.05, 0) is 18.1 Å². The number of aryl methyl sites for hydroxylation is 1. The molecule has 0 atom stereocenters. The summed E-state index contributed by atoms with van der Waals surface area (Å²) in [5, 5.41) is 8.54. The highest BCUT2D eigenvalue weighted by molar-refractivity contribution is 5.77. The van der Waals surface area contributed by atoms with Crippen LogP contribution in [0.1, 0.15) is 6.42 Å². The van der Waals surface area contributed by atoms with E-state index in [0.717, 1.165) is 47.3 Å². The average Bonchev–Trinajstić information content (AvgIpc) is 3.36. The van der Waals surface area contributed by atoms with Crippen molar-refractivity contribution in [3.8, 4) is 33.6 Å². The molecular weight excluding hydrogens is 378 g/mol. The van der Waals surface area contributed by atoms with E-state index in [4.69, 9.17) is 0 Å². The van der Waals surface area contributed by atoms with Crippen LogP contribution in [-0.2, 0) is 18.4 Å². The van der Waals surface area contributed by atoms with Crippen LogP contribution in [0.25, 0.3) is 33.6 Å². The van der Waals surface area contributed by atoms with Gasteiger partial charge in [-0.25, -0.2) is 9.97 Å². The zero-order chi connectivity index (χ0) is 20.5.